The minimum atomic E-state index is -0.763. The Morgan fingerprint density at radius 3 is 2.74 bits per heavy atom. The minimum Gasteiger partial charge on any atom is -0.481 e. The first-order valence-electron chi connectivity index (χ1n) is 6.66. The van der Waals surface area contributed by atoms with E-state index in [-0.39, 0.29) is 12.1 Å². The van der Waals surface area contributed by atoms with Crippen LogP contribution in [0.1, 0.15) is 12.5 Å². The molecule has 0 bridgehead atoms. The van der Waals surface area contributed by atoms with E-state index in [4.69, 9.17) is 4.74 Å². The highest BCUT2D eigenvalue weighted by Gasteiger charge is 2.37. The van der Waals surface area contributed by atoms with Crippen molar-refractivity contribution in [3.8, 4) is 0 Å². The zero-order chi connectivity index (χ0) is 13.8. The lowest BCUT2D eigenvalue weighted by Gasteiger charge is -2.32. The monoisotopic (exact) mass is 263 g/mol. The van der Waals surface area contributed by atoms with Crippen molar-refractivity contribution in [2.24, 2.45) is 5.92 Å². The molecular formula is C15H21NO3. The number of rotatable bonds is 5. The molecule has 1 aliphatic heterocycles. The molecule has 1 aromatic carbocycles. The molecule has 0 radical (unpaired) electrons. The summed E-state index contributed by atoms with van der Waals surface area (Å²) < 4.78 is 5.33. The van der Waals surface area contributed by atoms with Crippen LogP contribution in [-0.2, 0) is 16.0 Å². The fraction of sp³-hybridized carbons (Fsp3) is 0.533. The van der Waals surface area contributed by atoms with E-state index in [1.807, 2.05) is 25.2 Å². The van der Waals surface area contributed by atoms with Crippen molar-refractivity contribution in [3.63, 3.8) is 0 Å². The first kappa shape index (κ1) is 14.0. The number of benzene rings is 1. The number of carbonyl (C=O) groups is 1. The fourth-order valence-corrected chi connectivity index (χ4v) is 2.61. The van der Waals surface area contributed by atoms with Gasteiger partial charge in [0, 0.05) is 12.1 Å². The zero-order valence-corrected chi connectivity index (χ0v) is 11.5. The van der Waals surface area contributed by atoms with Gasteiger partial charge in [0.25, 0.3) is 0 Å². The van der Waals surface area contributed by atoms with Crippen LogP contribution in [-0.4, -0.2) is 48.3 Å². The summed E-state index contributed by atoms with van der Waals surface area (Å²) in [5.74, 6) is -1.18. The molecule has 1 aromatic rings. The van der Waals surface area contributed by atoms with Crippen LogP contribution >= 0.6 is 0 Å². The number of carboxylic acid groups (broad SMARTS) is 1. The van der Waals surface area contributed by atoms with E-state index in [2.05, 4.69) is 24.0 Å². The van der Waals surface area contributed by atoms with E-state index in [1.54, 1.807) is 0 Å². The highest BCUT2D eigenvalue weighted by atomic mass is 16.5. The molecule has 3 atom stereocenters. The summed E-state index contributed by atoms with van der Waals surface area (Å²) >= 11 is 0. The largest absolute Gasteiger partial charge is 0.481 e. The number of carboxylic acids is 1. The van der Waals surface area contributed by atoms with Crippen LogP contribution in [0.4, 0.5) is 0 Å². The molecule has 19 heavy (non-hydrogen) atoms. The molecule has 0 aliphatic carbocycles. The predicted octanol–water partition coefficient (Wildman–Crippen LogP) is 1.65. The number of ether oxygens (including phenoxy) is 1. The average molecular weight is 263 g/mol. The molecule has 0 saturated carbocycles. The van der Waals surface area contributed by atoms with Gasteiger partial charge in [-0.1, -0.05) is 30.3 Å². The van der Waals surface area contributed by atoms with Gasteiger partial charge >= 0.3 is 5.97 Å². The van der Waals surface area contributed by atoms with Crippen molar-refractivity contribution in [2.75, 3.05) is 20.3 Å². The van der Waals surface area contributed by atoms with Gasteiger partial charge < -0.3 is 9.84 Å². The summed E-state index contributed by atoms with van der Waals surface area (Å²) in [6, 6.07) is 10.5. The predicted molar refractivity (Wildman–Crippen MR) is 73.1 cm³/mol. The number of likely N-dealkylation sites (N-methyl/N-ethyl adjacent to an activating group) is 1. The number of aliphatic carboxylic acids is 1. The van der Waals surface area contributed by atoms with Gasteiger partial charge in [-0.15, -0.1) is 0 Å². The Hall–Kier alpha value is -1.39. The van der Waals surface area contributed by atoms with Crippen molar-refractivity contribution in [1.82, 2.24) is 4.90 Å². The van der Waals surface area contributed by atoms with Crippen LogP contribution in [0.5, 0.6) is 0 Å². The number of hydrogen-bond acceptors (Lipinski definition) is 3. The third kappa shape index (κ3) is 3.33. The summed E-state index contributed by atoms with van der Waals surface area (Å²) in [7, 11) is 1.99. The van der Waals surface area contributed by atoms with Crippen LogP contribution in [0.25, 0.3) is 0 Å². The molecule has 4 heteroatoms. The van der Waals surface area contributed by atoms with Crippen molar-refractivity contribution < 1.29 is 14.6 Å². The number of nitrogens with zero attached hydrogens (tertiary/aromatic N) is 1. The zero-order valence-electron chi connectivity index (χ0n) is 11.5. The van der Waals surface area contributed by atoms with Crippen molar-refractivity contribution in [1.29, 1.82) is 0 Å². The van der Waals surface area contributed by atoms with Gasteiger partial charge in [0.2, 0.25) is 0 Å². The van der Waals surface area contributed by atoms with Crippen LogP contribution in [0.15, 0.2) is 30.3 Å². The minimum absolute atomic E-state index is 0.0313. The third-order valence-corrected chi connectivity index (χ3v) is 3.96. The van der Waals surface area contributed by atoms with Gasteiger partial charge in [-0.25, -0.2) is 0 Å². The lowest BCUT2D eigenvalue weighted by molar-refractivity contribution is -0.143. The molecule has 1 aliphatic rings. The standard InChI is InChI=1S/C15H21NO3/c1-11(8-12-6-4-3-5-7-12)16(2)14-10-19-9-13(14)15(17)18/h3-7,11,13-14H,8-10H2,1-2H3,(H,17,18). The molecule has 104 valence electrons. The molecular weight excluding hydrogens is 242 g/mol. The van der Waals surface area contributed by atoms with Gasteiger partial charge in [0.05, 0.1) is 19.1 Å². The van der Waals surface area contributed by atoms with Crippen molar-refractivity contribution in [2.45, 2.75) is 25.4 Å². The third-order valence-electron chi connectivity index (χ3n) is 3.96. The second kappa shape index (κ2) is 6.17. The van der Waals surface area contributed by atoms with Crippen LogP contribution in [0.2, 0.25) is 0 Å². The van der Waals surface area contributed by atoms with Gasteiger partial charge in [0.15, 0.2) is 0 Å². The second-order valence-electron chi connectivity index (χ2n) is 5.25. The van der Waals surface area contributed by atoms with Crippen LogP contribution in [0.3, 0.4) is 0 Å². The van der Waals surface area contributed by atoms with Gasteiger partial charge in [-0.2, -0.15) is 0 Å². The lowest BCUT2D eigenvalue weighted by atomic mass is 9.99. The van der Waals surface area contributed by atoms with Crippen LogP contribution < -0.4 is 0 Å². The van der Waals surface area contributed by atoms with E-state index in [0.717, 1.165) is 6.42 Å². The quantitative estimate of drug-likeness (QED) is 0.877. The topological polar surface area (TPSA) is 49.8 Å². The molecule has 0 aromatic heterocycles. The summed E-state index contributed by atoms with van der Waals surface area (Å²) in [6.45, 7) is 2.96. The van der Waals surface area contributed by atoms with E-state index >= 15 is 0 Å². The Kier molecular flexibility index (Phi) is 4.56. The summed E-state index contributed by atoms with van der Waals surface area (Å²) in [5, 5.41) is 9.20. The average Bonchev–Trinajstić information content (AvgIpc) is 2.88. The molecule has 3 unspecified atom stereocenters. The molecule has 2 rings (SSSR count). The van der Waals surface area contributed by atoms with E-state index in [1.165, 1.54) is 5.56 Å². The normalized spacial score (nSPS) is 24.6. The van der Waals surface area contributed by atoms with Crippen molar-refractivity contribution >= 4 is 5.97 Å². The fourth-order valence-electron chi connectivity index (χ4n) is 2.61. The molecule has 1 N–H and O–H groups in total. The lowest BCUT2D eigenvalue weighted by Crippen LogP contribution is -2.45. The maximum atomic E-state index is 11.2. The Balaban J connectivity index is 1.98. The van der Waals surface area contributed by atoms with E-state index in [9.17, 15) is 9.90 Å². The molecule has 0 spiro atoms. The summed E-state index contributed by atoms with van der Waals surface area (Å²) in [5.41, 5.74) is 1.27. The summed E-state index contributed by atoms with van der Waals surface area (Å²) in [4.78, 5) is 13.3. The molecule has 1 heterocycles. The Labute approximate surface area is 114 Å². The van der Waals surface area contributed by atoms with E-state index in [0.29, 0.717) is 13.2 Å². The molecule has 0 amide bonds. The smallest absolute Gasteiger partial charge is 0.310 e. The maximum Gasteiger partial charge on any atom is 0.310 e. The van der Waals surface area contributed by atoms with Gasteiger partial charge in [0.1, 0.15) is 0 Å². The highest BCUT2D eigenvalue weighted by molar-refractivity contribution is 5.71. The Morgan fingerprint density at radius 1 is 1.42 bits per heavy atom. The van der Waals surface area contributed by atoms with Crippen LogP contribution in [0, 0.1) is 5.92 Å². The highest BCUT2D eigenvalue weighted by Crippen LogP contribution is 2.22. The van der Waals surface area contributed by atoms with Gasteiger partial charge in [-0.3, -0.25) is 9.69 Å². The first-order valence-corrected chi connectivity index (χ1v) is 6.66. The molecule has 1 fully saturated rings. The second-order valence-corrected chi connectivity index (χ2v) is 5.25. The van der Waals surface area contributed by atoms with E-state index < -0.39 is 11.9 Å². The molecule has 1 saturated heterocycles. The Bertz CT molecular complexity index is 421. The maximum absolute atomic E-state index is 11.2. The summed E-state index contributed by atoms with van der Waals surface area (Å²) in [6.07, 6.45) is 0.917. The molecule has 4 nitrogen and oxygen atoms in total. The van der Waals surface area contributed by atoms with Gasteiger partial charge in [-0.05, 0) is 26.0 Å². The number of hydrogen-bond donors (Lipinski definition) is 1. The first-order chi connectivity index (χ1) is 9.09. The van der Waals surface area contributed by atoms with Crippen molar-refractivity contribution in [3.05, 3.63) is 35.9 Å². The Morgan fingerprint density at radius 2 is 2.11 bits per heavy atom. The SMILES string of the molecule is CC(Cc1ccccc1)N(C)C1COCC1C(=O)O.